The quantitative estimate of drug-likeness (QED) is 0.375. The predicted molar refractivity (Wildman–Crippen MR) is 122 cm³/mol. The number of aromatic nitrogens is 2. The first-order valence-corrected chi connectivity index (χ1v) is 9.71. The fraction of sp³-hybridized carbons (Fsp3) is 0.0400. The Hall–Kier alpha value is -3.66. The highest BCUT2D eigenvalue weighted by Gasteiger charge is 2.20. The molecule has 1 N–H and O–H groups in total. The Morgan fingerprint density at radius 3 is 2.21 bits per heavy atom. The van der Waals surface area contributed by atoms with Gasteiger partial charge in [-0.3, -0.25) is 0 Å². The summed E-state index contributed by atoms with van der Waals surface area (Å²) in [5.41, 5.74) is 6.49. The van der Waals surface area contributed by atoms with E-state index in [1.54, 1.807) is 0 Å². The molecule has 2 radical (unpaired) electrons. The Kier molecular flexibility index (Phi) is 2.55. The Labute approximate surface area is 167 Å². The maximum absolute atomic E-state index is 10.6. The summed E-state index contributed by atoms with van der Waals surface area (Å²) >= 11 is 0. The van der Waals surface area contributed by atoms with Crippen LogP contribution in [0.25, 0.3) is 59.9 Å². The predicted octanol–water partition coefficient (Wildman–Crippen LogP) is 4.98. The summed E-state index contributed by atoms with van der Waals surface area (Å²) in [6.07, 6.45) is 0. The van der Waals surface area contributed by atoms with Crippen LogP contribution in [0.4, 0.5) is 0 Å². The van der Waals surface area contributed by atoms with Crippen LogP contribution in [0.3, 0.4) is 0 Å². The molecule has 4 aromatic carbocycles. The first-order valence-electron chi connectivity index (χ1n) is 9.71. The lowest BCUT2D eigenvalue weighted by Crippen LogP contribution is -1.99. The van der Waals surface area contributed by atoms with E-state index in [9.17, 15) is 5.11 Å². The number of nitrogens with zero attached hydrogens (tertiary/aromatic N) is 2. The van der Waals surface area contributed by atoms with E-state index in [-0.39, 0.29) is 5.75 Å². The number of hydrogen-bond donors (Lipinski definition) is 1. The van der Waals surface area contributed by atoms with Gasteiger partial charge in [-0.25, -0.2) is 0 Å². The molecule has 0 bridgehead atoms. The van der Waals surface area contributed by atoms with E-state index in [2.05, 4.69) is 58.5 Å². The van der Waals surface area contributed by atoms with E-state index in [1.165, 1.54) is 21.8 Å². The molecule has 7 rings (SSSR count). The van der Waals surface area contributed by atoms with Gasteiger partial charge in [-0.05, 0) is 41.8 Å². The van der Waals surface area contributed by atoms with Crippen LogP contribution in [0.2, 0.25) is 0 Å². The number of phenols is 1. The van der Waals surface area contributed by atoms with Gasteiger partial charge in [0.15, 0.2) is 0 Å². The van der Waals surface area contributed by atoms with E-state index in [0.717, 1.165) is 43.6 Å². The Bertz CT molecular complexity index is 1790. The molecule has 4 heteroatoms. The summed E-state index contributed by atoms with van der Waals surface area (Å²) in [5.74, 6) is 0.268. The van der Waals surface area contributed by atoms with Crippen molar-refractivity contribution in [2.24, 2.45) is 7.05 Å². The van der Waals surface area contributed by atoms with Crippen molar-refractivity contribution in [3.8, 4) is 5.75 Å². The van der Waals surface area contributed by atoms with Gasteiger partial charge in [0, 0.05) is 39.5 Å². The molecule has 0 aliphatic rings. The normalized spacial score (nSPS) is 12.6. The number of aryl methyl sites for hydroxylation is 1. The molecule has 0 aliphatic carbocycles. The van der Waals surface area contributed by atoms with E-state index in [1.807, 2.05) is 24.3 Å². The number of rotatable bonds is 0. The fourth-order valence-electron chi connectivity index (χ4n) is 5.29. The number of phenolic OH excluding ortho intramolecular Hbond substituents is 1. The molecule has 0 saturated heterocycles. The molecule has 29 heavy (non-hydrogen) atoms. The minimum Gasteiger partial charge on any atom is -0.508 e. The van der Waals surface area contributed by atoms with Crippen LogP contribution >= 0.6 is 0 Å². The van der Waals surface area contributed by atoms with Crippen molar-refractivity contribution in [1.29, 1.82) is 0 Å². The lowest BCUT2D eigenvalue weighted by atomic mass is 9.94. The van der Waals surface area contributed by atoms with Crippen LogP contribution in [0.15, 0.2) is 66.7 Å². The van der Waals surface area contributed by atoms with Crippen molar-refractivity contribution >= 4 is 73.2 Å². The Balaban J connectivity index is 2.03. The largest absolute Gasteiger partial charge is 0.508 e. The molecule has 7 aromatic rings. The van der Waals surface area contributed by atoms with E-state index in [0.29, 0.717) is 0 Å². The summed E-state index contributed by atoms with van der Waals surface area (Å²) in [5, 5.41) is 17.4. The number of benzene rings is 4. The molecule has 0 amide bonds. The van der Waals surface area contributed by atoms with Gasteiger partial charge >= 0.3 is 0 Å². The molecule has 0 fully saturated rings. The van der Waals surface area contributed by atoms with Gasteiger partial charge < -0.3 is 14.1 Å². The van der Waals surface area contributed by atoms with Gasteiger partial charge in [-0.15, -0.1) is 0 Å². The molecule has 0 spiro atoms. The minimum absolute atomic E-state index is 0.268. The summed E-state index contributed by atoms with van der Waals surface area (Å²) < 4.78 is 4.59. The smallest absolute Gasteiger partial charge is 0.116 e. The van der Waals surface area contributed by atoms with Crippen molar-refractivity contribution in [2.45, 2.75) is 0 Å². The third-order valence-corrected chi connectivity index (χ3v) is 6.44. The standard InChI is InChI=1S/C25H15BN2O/c1-27-20-5-2-4-15-17-11-14(29)12-18-16-10-13(26)8-9-19(16)28(25(17)18)22-7-3-6-21(27)24(22)23(15)20/h2-12,29H,1H3. The number of hydrogen-bond acceptors (Lipinski definition) is 1. The second-order valence-corrected chi connectivity index (χ2v) is 7.93. The summed E-state index contributed by atoms with van der Waals surface area (Å²) in [4.78, 5) is 0. The van der Waals surface area contributed by atoms with Crippen LogP contribution in [0.5, 0.6) is 5.75 Å². The van der Waals surface area contributed by atoms with Crippen LogP contribution in [-0.4, -0.2) is 21.9 Å². The average molecular weight is 370 g/mol. The van der Waals surface area contributed by atoms with Crippen molar-refractivity contribution < 1.29 is 5.11 Å². The van der Waals surface area contributed by atoms with Crippen molar-refractivity contribution in [2.75, 3.05) is 0 Å². The molecular weight excluding hydrogens is 355 g/mol. The number of fused-ring (bicyclic) bond motifs is 5. The fourth-order valence-corrected chi connectivity index (χ4v) is 5.29. The SMILES string of the molecule is [B]c1ccc2c(c1)c1cc(O)cc3c4cccc5c4c4c(cccc4n2c31)n5C. The third kappa shape index (κ3) is 1.67. The van der Waals surface area contributed by atoms with E-state index < -0.39 is 0 Å². The van der Waals surface area contributed by atoms with Gasteiger partial charge in [0.1, 0.15) is 13.6 Å². The van der Waals surface area contributed by atoms with Gasteiger partial charge in [-0.2, -0.15) is 0 Å². The van der Waals surface area contributed by atoms with Crippen LogP contribution in [0.1, 0.15) is 0 Å². The van der Waals surface area contributed by atoms with Gasteiger partial charge in [0.25, 0.3) is 0 Å². The topological polar surface area (TPSA) is 29.6 Å². The van der Waals surface area contributed by atoms with E-state index >= 15 is 0 Å². The molecular formula is C25H15BN2O. The van der Waals surface area contributed by atoms with Crippen LogP contribution < -0.4 is 5.46 Å². The monoisotopic (exact) mass is 370 g/mol. The molecule has 3 nitrogen and oxygen atoms in total. The van der Waals surface area contributed by atoms with Gasteiger partial charge in [-0.1, -0.05) is 35.8 Å². The van der Waals surface area contributed by atoms with E-state index in [4.69, 9.17) is 7.85 Å². The first-order chi connectivity index (χ1) is 14.1. The lowest BCUT2D eigenvalue weighted by molar-refractivity contribution is 0.477. The van der Waals surface area contributed by atoms with Gasteiger partial charge in [0.2, 0.25) is 0 Å². The Morgan fingerprint density at radius 1 is 0.690 bits per heavy atom. The Morgan fingerprint density at radius 2 is 1.38 bits per heavy atom. The molecule has 0 saturated carbocycles. The highest BCUT2D eigenvalue weighted by atomic mass is 16.3. The van der Waals surface area contributed by atoms with Crippen LogP contribution in [-0.2, 0) is 7.05 Å². The average Bonchev–Trinajstić information content (AvgIpc) is 3.15. The molecule has 0 unspecified atom stereocenters. The molecule has 0 atom stereocenters. The molecule has 134 valence electrons. The van der Waals surface area contributed by atoms with Gasteiger partial charge in [0.05, 0.1) is 22.1 Å². The first kappa shape index (κ1) is 15.3. The molecule has 3 heterocycles. The highest BCUT2D eigenvalue weighted by Crippen LogP contribution is 2.43. The lowest BCUT2D eigenvalue weighted by Gasteiger charge is -2.04. The highest BCUT2D eigenvalue weighted by molar-refractivity contribution is 6.35. The minimum atomic E-state index is 0.268. The zero-order valence-corrected chi connectivity index (χ0v) is 15.8. The van der Waals surface area contributed by atoms with Crippen molar-refractivity contribution in [3.63, 3.8) is 0 Å². The number of aromatic hydroxyl groups is 1. The third-order valence-electron chi connectivity index (χ3n) is 6.44. The molecule has 3 aromatic heterocycles. The van der Waals surface area contributed by atoms with Crippen LogP contribution in [0, 0.1) is 0 Å². The zero-order chi connectivity index (χ0) is 19.4. The summed E-state index contributed by atoms with van der Waals surface area (Å²) in [6.45, 7) is 0. The maximum Gasteiger partial charge on any atom is 0.116 e. The second-order valence-electron chi connectivity index (χ2n) is 7.93. The summed E-state index contributed by atoms with van der Waals surface area (Å²) in [7, 11) is 8.25. The summed E-state index contributed by atoms with van der Waals surface area (Å²) in [6, 6.07) is 22.7. The maximum atomic E-state index is 10.6. The van der Waals surface area contributed by atoms with Crippen molar-refractivity contribution in [3.05, 3.63) is 66.7 Å². The molecule has 0 aliphatic heterocycles. The second kappa shape index (κ2) is 4.84. The zero-order valence-electron chi connectivity index (χ0n) is 15.8. The van der Waals surface area contributed by atoms with Crippen molar-refractivity contribution in [1.82, 2.24) is 8.97 Å².